The summed E-state index contributed by atoms with van der Waals surface area (Å²) in [7, 11) is 0. The van der Waals surface area contributed by atoms with Crippen molar-refractivity contribution >= 4 is 24.3 Å². The third-order valence-electron chi connectivity index (χ3n) is 4.87. The molecule has 0 unspecified atom stereocenters. The van der Waals surface area contributed by atoms with Crippen LogP contribution in [0.25, 0.3) is 40.4 Å². The third-order valence-corrected chi connectivity index (χ3v) is 4.87. The van der Waals surface area contributed by atoms with Gasteiger partial charge in [0.1, 0.15) is 6.54 Å². The van der Waals surface area contributed by atoms with Crippen LogP contribution >= 0.6 is 0 Å². The van der Waals surface area contributed by atoms with Crippen molar-refractivity contribution in [3.8, 4) is 28.8 Å². The Morgan fingerprint density at radius 1 is 1.09 bits per heavy atom. The van der Waals surface area contributed by atoms with Gasteiger partial charge in [-0.15, -0.1) is 16.8 Å². The summed E-state index contributed by atoms with van der Waals surface area (Å²) in [6.45, 7) is 10.2. The molecule has 0 atom stereocenters. The third kappa shape index (κ3) is 4.13. The molecule has 33 heavy (non-hydrogen) atoms. The van der Waals surface area contributed by atoms with Crippen LogP contribution in [0, 0.1) is 6.57 Å². The number of hydrogen-bond acceptors (Lipinski definition) is 6. The van der Waals surface area contributed by atoms with Crippen LogP contribution in [0.15, 0.2) is 63.8 Å². The minimum absolute atomic E-state index is 0.0111. The van der Waals surface area contributed by atoms with Crippen LogP contribution in [0.3, 0.4) is 0 Å². The van der Waals surface area contributed by atoms with Gasteiger partial charge >= 0.3 is 5.97 Å². The van der Waals surface area contributed by atoms with Crippen molar-refractivity contribution in [2.75, 3.05) is 0 Å². The molecule has 162 valence electrons. The van der Waals surface area contributed by atoms with E-state index in [1.807, 2.05) is 30.3 Å². The van der Waals surface area contributed by atoms with E-state index in [1.54, 1.807) is 24.3 Å². The minimum atomic E-state index is -1.33. The standard InChI is InChI=1S/C24H16N4O5/c1-14-18(23(31)28(13-19(29)30)24(32)20(14)25-2)12-15-8-10-17(11-9-15)22-27-26-21(33-22)16-6-4-3-5-7-16/h3-12,32H,1,13H2,(H,29,30). The maximum Gasteiger partial charge on any atom is 0.323 e. The highest BCUT2D eigenvalue weighted by Gasteiger charge is 2.15. The van der Waals surface area contributed by atoms with Gasteiger partial charge < -0.3 is 14.6 Å². The Morgan fingerprint density at radius 2 is 1.70 bits per heavy atom. The monoisotopic (exact) mass is 440 g/mol. The molecule has 0 saturated heterocycles. The molecule has 2 heterocycles. The maximum absolute atomic E-state index is 12.8. The number of carboxylic acid groups (broad SMARTS) is 1. The van der Waals surface area contributed by atoms with Gasteiger partial charge in [-0.1, -0.05) is 30.3 Å². The Morgan fingerprint density at radius 3 is 2.27 bits per heavy atom. The number of carbonyl (C=O) groups is 1. The van der Waals surface area contributed by atoms with Crippen LogP contribution in [0.5, 0.6) is 5.88 Å². The lowest BCUT2D eigenvalue weighted by Gasteiger charge is -2.08. The van der Waals surface area contributed by atoms with E-state index in [-0.39, 0.29) is 16.1 Å². The highest BCUT2D eigenvalue weighted by atomic mass is 16.4. The lowest BCUT2D eigenvalue weighted by molar-refractivity contribution is -0.137. The van der Waals surface area contributed by atoms with Crippen molar-refractivity contribution in [2.45, 2.75) is 6.54 Å². The minimum Gasteiger partial charge on any atom is -0.503 e. The molecular formula is C24H16N4O5. The van der Waals surface area contributed by atoms with Crippen LogP contribution < -0.4 is 16.0 Å². The van der Waals surface area contributed by atoms with Crippen LogP contribution in [0.1, 0.15) is 5.56 Å². The molecular weight excluding hydrogens is 424 g/mol. The first-order valence-corrected chi connectivity index (χ1v) is 9.64. The highest BCUT2D eigenvalue weighted by molar-refractivity contribution is 5.68. The topological polar surface area (TPSA) is 123 Å². The van der Waals surface area contributed by atoms with Crippen molar-refractivity contribution in [2.24, 2.45) is 0 Å². The second-order valence-electron chi connectivity index (χ2n) is 7.01. The fraction of sp³-hybridized carbons (Fsp3) is 0.0417. The van der Waals surface area contributed by atoms with Crippen LogP contribution in [0.2, 0.25) is 0 Å². The zero-order chi connectivity index (χ0) is 23.5. The molecule has 0 aliphatic carbocycles. The summed E-state index contributed by atoms with van der Waals surface area (Å²) in [5.74, 6) is -1.34. The Balaban J connectivity index is 1.74. The molecule has 0 radical (unpaired) electrons. The van der Waals surface area contributed by atoms with Gasteiger partial charge in [0, 0.05) is 16.3 Å². The number of pyridine rings is 1. The van der Waals surface area contributed by atoms with Gasteiger partial charge in [-0.3, -0.25) is 14.2 Å². The average Bonchev–Trinajstić information content (AvgIpc) is 3.31. The number of hydrogen-bond donors (Lipinski definition) is 2. The Bertz CT molecular complexity index is 1560. The van der Waals surface area contributed by atoms with E-state index in [4.69, 9.17) is 16.1 Å². The highest BCUT2D eigenvalue weighted by Crippen LogP contribution is 2.24. The second kappa shape index (κ2) is 8.64. The average molecular weight is 440 g/mol. The van der Waals surface area contributed by atoms with Crippen molar-refractivity contribution < 1.29 is 19.4 Å². The van der Waals surface area contributed by atoms with Crippen LogP contribution in [0.4, 0.5) is 5.69 Å². The number of aliphatic carboxylic acids is 1. The number of benzene rings is 2. The molecule has 0 fully saturated rings. The quantitative estimate of drug-likeness (QED) is 0.456. The van der Waals surface area contributed by atoms with Gasteiger partial charge in [0.25, 0.3) is 11.2 Å². The Kier molecular flexibility index (Phi) is 5.57. The summed E-state index contributed by atoms with van der Waals surface area (Å²) in [6.07, 6.45) is 1.48. The zero-order valence-electron chi connectivity index (χ0n) is 17.1. The van der Waals surface area contributed by atoms with Crippen LogP contribution in [-0.2, 0) is 11.3 Å². The van der Waals surface area contributed by atoms with E-state index in [0.29, 0.717) is 27.5 Å². The van der Waals surface area contributed by atoms with E-state index < -0.39 is 24.0 Å². The Hall–Kier alpha value is -4.97. The van der Waals surface area contributed by atoms with Gasteiger partial charge in [-0.2, -0.15) is 0 Å². The number of rotatable bonds is 5. The van der Waals surface area contributed by atoms with E-state index >= 15 is 0 Å². The smallest absolute Gasteiger partial charge is 0.323 e. The normalized spacial score (nSPS) is 11.3. The SMILES string of the molecule is [C-]#[N+]c1c(O)n(CC(=O)O)c(=O)c(=Cc2ccc(-c3nnc(-c4ccccc4)o3)cc2)c1=C. The summed E-state index contributed by atoms with van der Waals surface area (Å²) in [6, 6.07) is 16.2. The first-order chi connectivity index (χ1) is 15.9. The molecule has 0 amide bonds. The molecule has 4 rings (SSSR count). The lowest BCUT2D eigenvalue weighted by atomic mass is 10.1. The van der Waals surface area contributed by atoms with Gasteiger partial charge in [0.15, 0.2) is 5.88 Å². The summed E-state index contributed by atoms with van der Waals surface area (Å²) >= 11 is 0. The number of aromatic hydroxyl groups is 1. The zero-order valence-corrected chi connectivity index (χ0v) is 17.1. The van der Waals surface area contributed by atoms with Gasteiger partial charge in [0.05, 0.1) is 6.57 Å². The second-order valence-corrected chi connectivity index (χ2v) is 7.01. The molecule has 4 aromatic rings. The van der Waals surface area contributed by atoms with Crippen molar-refractivity contribution in [3.63, 3.8) is 0 Å². The summed E-state index contributed by atoms with van der Waals surface area (Å²) < 4.78 is 6.37. The van der Waals surface area contributed by atoms with E-state index in [0.717, 1.165) is 5.56 Å². The van der Waals surface area contributed by atoms with Gasteiger partial charge in [0.2, 0.25) is 11.8 Å². The maximum atomic E-state index is 12.8. The molecule has 0 saturated carbocycles. The predicted octanol–water partition coefficient (Wildman–Crippen LogP) is 2.15. The summed E-state index contributed by atoms with van der Waals surface area (Å²) in [5, 5.41) is 27.4. The number of carboxylic acids is 1. The first-order valence-electron chi connectivity index (χ1n) is 9.64. The summed E-state index contributed by atoms with van der Waals surface area (Å²) in [5.41, 5.74) is 1.00. The Labute approximate surface area is 186 Å². The van der Waals surface area contributed by atoms with Crippen molar-refractivity contribution in [1.82, 2.24) is 14.8 Å². The van der Waals surface area contributed by atoms with Crippen LogP contribution in [-0.4, -0.2) is 30.9 Å². The molecule has 2 aromatic carbocycles. The van der Waals surface area contributed by atoms with Gasteiger partial charge in [-0.25, -0.2) is 4.85 Å². The largest absolute Gasteiger partial charge is 0.503 e. The van der Waals surface area contributed by atoms with E-state index in [1.165, 1.54) is 6.08 Å². The molecule has 0 bridgehead atoms. The fourth-order valence-electron chi connectivity index (χ4n) is 3.24. The molecule has 2 aromatic heterocycles. The summed E-state index contributed by atoms with van der Waals surface area (Å²) in [4.78, 5) is 27.1. The molecule has 2 N–H and O–H groups in total. The molecule has 0 aliphatic heterocycles. The number of aromatic nitrogens is 3. The fourth-order valence-corrected chi connectivity index (χ4v) is 3.24. The first kappa shape index (κ1) is 21.3. The van der Waals surface area contributed by atoms with Gasteiger partial charge in [-0.05, 0) is 41.1 Å². The predicted molar refractivity (Wildman–Crippen MR) is 120 cm³/mol. The molecule has 9 heteroatoms. The molecule has 0 spiro atoms. The van der Waals surface area contributed by atoms with E-state index in [9.17, 15) is 14.7 Å². The van der Waals surface area contributed by atoms with Crippen molar-refractivity contribution in [1.29, 1.82) is 0 Å². The van der Waals surface area contributed by atoms with E-state index in [2.05, 4.69) is 21.6 Å². The molecule has 9 nitrogen and oxygen atoms in total. The molecule has 0 aliphatic rings. The van der Waals surface area contributed by atoms with Crippen molar-refractivity contribution in [3.05, 3.63) is 92.4 Å². The lowest BCUT2D eigenvalue weighted by Crippen LogP contribution is -2.45. The number of nitrogens with zero attached hydrogens (tertiary/aromatic N) is 4.